The predicted molar refractivity (Wildman–Crippen MR) is 115 cm³/mol. The SMILES string of the molecule is CC(CC(=O)OC1CC(C)(C)NC(C)(C)C1)C(=O)OC1CC(C)(C)NC(C)(C)C1. The van der Waals surface area contributed by atoms with E-state index in [1.807, 2.05) is 0 Å². The van der Waals surface area contributed by atoms with Crippen LogP contribution in [-0.2, 0) is 19.1 Å². The fourth-order valence-corrected chi connectivity index (χ4v) is 5.47. The summed E-state index contributed by atoms with van der Waals surface area (Å²) in [7, 11) is 0. The molecule has 1 atom stereocenters. The van der Waals surface area contributed by atoms with Gasteiger partial charge in [0.25, 0.3) is 0 Å². The Bertz CT molecular complexity index is 592. The third-order valence-electron chi connectivity index (χ3n) is 5.76. The minimum atomic E-state index is -0.508. The summed E-state index contributed by atoms with van der Waals surface area (Å²) in [6.07, 6.45) is 2.83. The third kappa shape index (κ3) is 7.56. The van der Waals surface area contributed by atoms with E-state index in [-0.39, 0.29) is 52.7 Å². The molecule has 6 nitrogen and oxygen atoms in total. The highest BCUT2D eigenvalue weighted by atomic mass is 16.6. The average molecular weight is 411 g/mol. The van der Waals surface area contributed by atoms with Gasteiger partial charge in [0.05, 0.1) is 12.3 Å². The molecule has 2 aliphatic rings. The van der Waals surface area contributed by atoms with E-state index in [0.717, 1.165) is 25.7 Å². The molecule has 6 heteroatoms. The highest BCUT2D eigenvalue weighted by Gasteiger charge is 2.41. The molecule has 2 saturated heterocycles. The summed E-state index contributed by atoms with van der Waals surface area (Å²) in [5, 5.41) is 7.17. The van der Waals surface area contributed by atoms with E-state index in [1.165, 1.54) is 0 Å². The Morgan fingerprint density at radius 1 is 0.759 bits per heavy atom. The van der Waals surface area contributed by atoms with Crippen LogP contribution in [0, 0.1) is 5.92 Å². The lowest BCUT2D eigenvalue weighted by Crippen LogP contribution is -2.60. The van der Waals surface area contributed by atoms with E-state index in [1.54, 1.807) is 6.92 Å². The van der Waals surface area contributed by atoms with Crippen LogP contribution in [0.25, 0.3) is 0 Å². The van der Waals surface area contributed by atoms with Crippen LogP contribution in [0.3, 0.4) is 0 Å². The summed E-state index contributed by atoms with van der Waals surface area (Å²) in [5.74, 6) is -1.14. The number of ether oxygens (including phenoxy) is 2. The fourth-order valence-electron chi connectivity index (χ4n) is 5.47. The first-order chi connectivity index (χ1) is 13.0. The molecule has 0 radical (unpaired) electrons. The number of rotatable bonds is 5. The van der Waals surface area contributed by atoms with Crippen molar-refractivity contribution >= 4 is 11.9 Å². The maximum absolute atomic E-state index is 12.6. The summed E-state index contributed by atoms with van der Waals surface area (Å²) in [4.78, 5) is 25.1. The average Bonchev–Trinajstić information content (AvgIpc) is 2.39. The molecule has 0 aromatic carbocycles. The Morgan fingerprint density at radius 3 is 1.48 bits per heavy atom. The van der Waals surface area contributed by atoms with Crippen LogP contribution in [0.5, 0.6) is 0 Å². The molecule has 0 aliphatic carbocycles. The molecule has 0 aromatic rings. The summed E-state index contributed by atoms with van der Waals surface area (Å²) in [6.45, 7) is 18.7. The maximum atomic E-state index is 12.6. The molecule has 1 unspecified atom stereocenters. The van der Waals surface area contributed by atoms with Crippen molar-refractivity contribution in [3.63, 3.8) is 0 Å². The van der Waals surface area contributed by atoms with Crippen molar-refractivity contribution in [1.29, 1.82) is 0 Å². The first kappa shape index (κ1) is 24.1. The van der Waals surface area contributed by atoms with Crippen LogP contribution in [0.2, 0.25) is 0 Å². The molecule has 2 rings (SSSR count). The van der Waals surface area contributed by atoms with Crippen molar-refractivity contribution in [3.8, 4) is 0 Å². The van der Waals surface area contributed by atoms with E-state index in [4.69, 9.17) is 9.47 Å². The number of esters is 2. The topological polar surface area (TPSA) is 76.7 Å². The second-order valence-corrected chi connectivity index (χ2v) is 11.9. The zero-order chi connectivity index (χ0) is 22.3. The first-order valence-corrected chi connectivity index (χ1v) is 11.0. The van der Waals surface area contributed by atoms with Gasteiger partial charge in [-0.1, -0.05) is 6.92 Å². The van der Waals surface area contributed by atoms with Crippen molar-refractivity contribution in [2.45, 2.75) is 129 Å². The molecule has 0 saturated carbocycles. The standard InChI is InChI=1S/C23H42N2O4/c1-15(19(27)29-17-13-22(6,7)25-23(8,9)14-17)10-18(26)28-16-11-20(2,3)24-21(4,5)12-16/h15-17,24-25H,10-14H2,1-9H3. The van der Waals surface area contributed by atoms with Gasteiger partial charge in [0.1, 0.15) is 12.2 Å². The second-order valence-electron chi connectivity index (χ2n) is 11.9. The second kappa shape index (κ2) is 8.18. The van der Waals surface area contributed by atoms with E-state index >= 15 is 0 Å². The van der Waals surface area contributed by atoms with Crippen molar-refractivity contribution in [2.24, 2.45) is 5.92 Å². The molecule has 2 heterocycles. The van der Waals surface area contributed by atoms with Crippen molar-refractivity contribution < 1.29 is 19.1 Å². The van der Waals surface area contributed by atoms with Gasteiger partial charge in [-0.05, 0) is 55.4 Å². The Balaban J connectivity index is 1.87. The molecule has 2 aliphatic heterocycles. The van der Waals surface area contributed by atoms with Crippen molar-refractivity contribution in [1.82, 2.24) is 10.6 Å². The highest BCUT2D eigenvalue weighted by Crippen LogP contribution is 2.32. The Hall–Kier alpha value is -1.14. The largest absolute Gasteiger partial charge is 0.462 e. The van der Waals surface area contributed by atoms with Gasteiger partial charge in [-0.25, -0.2) is 0 Å². The van der Waals surface area contributed by atoms with Crippen LogP contribution < -0.4 is 10.6 Å². The minimum absolute atomic E-state index is 0.0569. The van der Waals surface area contributed by atoms with Gasteiger partial charge < -0.3 is 20.1 Å². The summed E-state index contributed by atoms with van der Waals surface area (Å²) in [6, 6.07) is 0. The molecule has 2 fully saturated rings. The Labute approximate surface area is 176 Å². The van der Waals surface area contributed by atoms with Crippen LogP contribution in [0.15, 0.2) is 0 Å². The number of hydrogen-bond donors (Lipinski definition) is 2. The monoisotopic (exact) mass is 410 g/mol. The lowest BCUT2D eigenvalue weighted by molar-refractivity contribution is -0.164. The summed E-state index contributed by atoms with van der Waals surface area (Å²) >= 11 is 0. The van der Waals surface area contributed by atoms with Gasteiger partial charge in [-0.2, -0.15) is 0 Å². The third-order valence-corrected chi connectivity index (χ3v) is 5.76. The van der Waals surface area contributed by atoms with E-state index in [2.05, 4.69) is 66.0 Å². The number of piperidine rings is 2. The molecule has 0 aromatic heterocycles. The quantitative estimate of drug-likeness (QED) is 0.673. The van der Waals surface area contributed by atoms with Crippen LogP contribution in [0.1, 0.15) is 94.4 Å². The molecule has 29 heavy (non-hydrogen) atoms. The number of carbonyl (C=O) groups is 2. The highest BCUT2D eigenvalue weighted by molar-refractivity contribution is 5.79. The minimum Gasteiger partial charge on any atom is -0.462 e. The summed E-state index contributed by atoms with van der Waals surface area (Å²) < 4.78 is 11.5. The van der Waals surface area contributed by atoms with E-state index in [0.29, 0.717) is 0 Å². The van der Waals surface area contributed by atoms with Crippen molar-refractivity contribution in [2.75, 3.05) is 0 Å². The predicted octanol–water partition coefficient (Wildman–Crippen LogP) is 3.72. The summed E-state index contributed by atoms with van der Waals surface area (Å²) in [5.41, 5.74) is -0.370. The zero-order valence-electron chi connectivity index (χ0n) is 19.9. The molecule has 2 N–H and O–H groups in total. The number of hydrogen-bond acceptors (Lipinski definition) is 6. The van der Waals surface area contributed by atoms with Gasteiger partial charge in [0.15, 0.2) is 0 Å². The number of nitrogens with one attached hydrogen (secondary N) is 2. The van der Waals surface area contributed by atoms with Crippen LogP contribution in [0.4, 0.5) is 0 Å². The fraction of sp³-hybridized carbons (Fsp3) is 0.913. The molecule has 0 bridgehead atoms. The van der Waals surface area contributed by atoms with Gasteiger partial charge in [0.2, 0.25) is 0 Å². The van der Waals surface area contributed by atoms with Gasteiger partial charge in [-0.15, -0.1) is 0 Å². The molecular formula is C23H42N2O4. The van der Waals surface area contributed by atoms with Gasteiger partial charge in [-0.3, -0.25) is 9.59 Å². The van der Waals surface area contributed by atoms with Gasteiger partial charge >= 0.3 is 11.9 Å². The smallest absolute Gasteiger partial charge is 0.309 e. The molecular weight excluding hydrogens is 368 g/mol. The maximum Gasteiger partial charge on any atom is 0.309 e. The normalized spacial score (nSPS) is 27.1. The van der Waals surface area contributed by atoms with Gasteiger partial charge in [0, 0.05) is 47.8 Å². The van der Waals surface area contributed by atoms with Crippen LogP contribution in [-0.4, -0.2) is 46.3 Å². The lowest BCUT2D eigenvalue weighted by atomic mass is 9.81. The molecule has 0 spiro atoms. The molecule has 0 amide bonds. The molecule has 168 valence electrons. The Morgan fingerprint density at radius 2 is 1.10 bits per heavy atom. The first-order valence-electron chi connectivity index (χ1n) is 11.0. The van der Waals surface area contributed by atoms with E-state index in [9.17, 15) is 9.59 Å². The lowest BCUT2D eigenvalue weighted by Gasteiger charge is -2.46. The van der Waals surface area contributed by atoms with Crippen molar-refractivity contribution in [3.05, 3.63) is 0 Å². The Kier molecular flexibility index (Phi) is 6.81. The number of carbonyl (C=O) groups excluding carboxylic acids is 2. The van der Waals surface area contributed by atoms with Crippen LogP contribution >= 0.6 is 0 Å². The van der Waals surface area contributed by atoms with E-state index < -0.39 is 5.92 Å². The zero-order valence-corrected chi connectivity index (χ0v) is 19.9.